The summed E-state index contributed by atoms with van der Waals surface area (Å²) in [6.07, 6.45) is 0. The van der Waals surface area contributed by atoms with E-state index in [9.17, 15) is 17.6 Å². The Labute approximate surface area is 159 Å². The molecule has 0 radical (unpaired) electrons. The van der Waals surface area contributed by atoms with E-state index in [1.165, 1.54) is 16.4 Å². The second-order valence-electron chi connectivity index (χ2n) is 6.88. The molecule has 0 atom stereocenters. The van der Waals surface area contributed by atoms with Crippen LogP contribution >= 0.6 is 0 Å². The molecular weight excluding hydrogens is 367 g/mol. The molecule has 3 rings (SSSR count). The van der Waals surface area contributed by atoms with Crippen molar-refractivity contribution in [1.82, 2.24) is 9.21 Å². The predicted molar refractivity (Wildman–Crippen MR) is 102 cm³/mol. The first-order chi connectivity index (χ1) is 12.8. The Balaban J connectivity index is 1.61. The average molecular weight is 390 g/mol. The van der Waals surface area contributed by atoms with E-state index < -0.39 is 10.0 Å². The number of carbonyl (C=O) groups is 1. The quantitative estimate of drug-likeness (QED) is 0.737. The maximum absolute atomic E-state index is 13.4. The van der Waals surface area contributed by atoms with Gasteiger partial charge in [-0.3, -0.25) is 9.69 Å². The number of aryl methyl sites for hydroxylation is 2. The number of nitrogens with zero attached hydrogens (tertiary/aromatic N) is 2. The normalized spacial score (nSPS) is 16.4. The SMILES string of the molecule is Cc1cccc(S(=O)(=O)N2CCN(CC(=O)c3ccc(F)c(C)c3)CC2)c1. The molecule has 0 aliphatic carbocycles. The Morgan fingerprint density at radius 1 is 1.04 bits per heavy atom. The number of rotatable bonds is 5. The van der Waals surface area contributed by atoms with Gasteiger partial charge in [0.25, 0.3) is 0 Å². The molecule has 0 spiro atoms. The zero-order valence-corrected chi connectivity index (χ0v) is 16.3. The van der Waals surface area contributed by atoms with Crippen LogP contribution in [0.5, 0.6) is 0 Å². The van der Waals surface area contributed by atoms with E-state index in [2.05, 4.69) is 0 Å². The van der Waals surface area contributed by atoms with E-state index in [-0.39, 0.29) is 18.1 Å². The third kappa shape index (κ3) is 4.43. The van der Waals surface area contributed by atoms with Crippen LogP contribution in [0, 0.1) is 19.7 Å². The van der Waals surface area contributed by atoms with Crippen LogP contribution in [0.1, 0.15) is 21.5 Å². The van der Waals surface area contributed by atoms with Crippen LogP contribution < -0.4 is 0 Å². The Morgan fingerprint density at radius 3 is 2.37 bits per heavy atom. The Hall–Kier alpha value is -2.09. The van der Waals surface area contributed by atoms with Gasteiger partial charge in [-0.2, -0.15) is 4.31 Å². The average Bonchev–Trinajstić information content (AvgIpc) is 2.64. The number of hydrogen-bond donors (Lipinski definition) is 0. The third-order valence-corrected chi connectivity index (χ3v) is 6.70. The van der Waals surface area contributed by atoms with Gasteiger partial charge in [0, 0.05) is 31.7 Å². The summed E-state index contributed by atoms with van der Waals surface area (Å²) >= 11 is 0. The molecule has 0 amide bonds. The van der Waals surface area contributed by atoms with Crippen molar-refractivity contribution in [2.75, 3.05) is 32.7 Å². The lowest BCUT2D eigenvalue weighted by molar-refractivity contribution is 0.0901. The number of sulfonamides is 1. The number of benzene rings is 2. The Kier molecular flexibility index (Phi) is 5.74. The van der Waals surface area contributed by atoms with Gasteiger partial charge >= 0.3 is 0 Å². The second-order valence-corrected chi connectivity index (χ2v) is 8.82. The molecule has 5 nitrogen and oxygen atoms in total. The zero-order chi connectivity index (χ0) is 19.6. The third-order valence-electron chi connectivity index (χ3n) is 4.81. The number of ketones is 1. The molecule has 0 aromatic heterocycles. The van der Waals surface area contributed by atoms with E-state index in [1.54, 1.807) is 31.2 Å². The fourth-order valence-electron chi connectivity index (χ4n) is 3.17. The van der Waals surface area contributed by atoms with Crippen LogP contribution in [0.4, 0.5) is 4.39 Å². The van der Waals surface area contributed by atoms with Crippen LogP contribution in [-0.4, -0.2) is 56.1 Å². The van der Waals surface area contributed by atoms with Gasteiger partial charge in [-0.25, -0.2) is 12.8 Å². The molecule has 0 saturated carbocycles. The smallest absolute Gasteiger partial charge is 0.243 e. The van der Waals surface area contributed by atoms with E-state index in [0.29, 0.717) is 42.2 Å². The van der Waals surface area contributed by atoms with Crippen molar-refractivity contribution in [3.63, 3.8) is 0 Å². The minimum Gasteiger partial charge on any atom is -0.293 e. The monoisotopic (exact) mass is 390 g/mol. The minimum atomic E-state index is -3.52. The first-order valence-corrected chi connectivity index (χ1v) is 10.3. The summed E-state index contributed by atoms with van der Waals surface area (Å²) in [6.45, 7) is 5.33. The summed E-state index contributed by atoms with van der Waals surface area (Å²) in [5, 5.41) is 0. The molecule has 1 aliphatic heterocycles. The maximum atomic E-state index is 13.4. The number of piperazine rings is 1. The summed E-state index contributed by atoms with van der Waals surface area (Å²) in [7, 11) is -3.52. The molecule has 0 N–H and O–H groups in total. The fraction of sp³-hybridized carbons (Fsp3) is 0.350. The van der Waals surface area contributed by atoms with Crippen molar-refractivity contribution in [2.24, 2.45) is 0 Å². The summed E-state index contributed by atoms with van der Waals surface area (Å²) in [6, 6.07) is 11.2. The molecule has 0 bridgehead atoms. The first kappa shape index (κ1) is 19.7. The van der Waals surface area contributed by atoms with Crippen LogP contribution in [0.3, 0.4) is 0 Å². The van der Waals surface area contributed by atoms with Crippen LogP contribution in [0.2, 0.25) is 0 Å². The van der Waals surface area contributed by atoms with Gasteiger partial charge < -0.3 is 0 Å². The highest BCUT2D eigenvalue weighted by molar-refractivity contribution is 7.89. The summed E-state index contributed by atoms with van der Waals surface area (Å²) in [5.74, 6) is -0.422. The Bertz CT molecular complexity index is 951. The highest BCUT2D eigenvalue weighted by atomic mass is 32.2. The van der Waals surface area contributed by atoms with Crippen molar-refractivity contribution >= 4 is 15.8 Å². The standard InChI is InChI=1S/C20H23FN2O3S/c1-15-4-3-5-18(12-15)27(25,26)23-10-8-22(9-11-23)14-20(24)17-6-7-19(21)16(2)13-17/h3-7,12-13H,8-11,14H2,1-2H3. The molecule has 0 unspecified atom stereocenters. The van der Waals surface area contributed by atoms with Gasteiger partial charge in [0.2, 0.25) is 10.0 Å². The van der Waals surface area contributed by atoms with Crippen molar-refractivity contribution in [2.45, 2.75) is 18.7 Å². The van der Waals surface area contributed by atoms with Crippen molar-refractivity contribution in [3.05, 3.63) is 65.0 Å². The van der Waals surface area contributed by atoms with Gasteiger partial charge in [0.1, 0.15) is 5.82 Å². The highest BCUT2D eigenvalue weighted by Gasteiger charge is 2.29. The summed E-state index contributed by atoms with van der Waals surface area (Å²) in [5.41, 5.74) is 1.81. The number of Topliss-reactive ketones (excluding diaryl/α,β-unsaturated/α-hetero) is 1. The van der Waals surface area contributed by atoms with Crippen LogP contribution in [0.15, 0.2) is 47.4 Å². The lowest BCUT2D eigenvalue weighted by atomic mass is 10.1. The van der Waals surface area contributed by atoms with E-state index in [0.717, 1.165) is 5.56 Å². The molecule has 1 fully saturated rings. The van der Waals surface area contributed by atoms with E-state index in [1.807, 2.05) is 17.9 Å². The lowest BCUT2D eigenvalue weighted by Gasteiger charge is -2.33. The first-order valence-electron chi connectivity index (χ1n) is 8.86. The van der Waals surface area contributed by atoms with Crippen molar-refractivity contribution < 1.29 is 17.6 Å². The number of hydrogen-bond acceptors (Lipinski definition) is 4. The number of carbonyl (C=O) groups excluding carboxylic acids is 1. The molecule has 2 aromatic carbocycles. The topological polar surface area (TPSA) is 57.7 Å². The van der Waals surface area contributed by atoms with E-state index >= 15 is 0 Å². The van der Waals surface area contributed by atoms with Gasteiger partial charge in [-0.15, -0.1) is 0 Å². The van der Waals surface area contributed by atoms with Gasteiger partial charge in [0.05, 0.1) is 11.4 Å². The molecular formula is C20H23FN2O3S. The predicted octanol–water partition coefficient (Wildman–Crippen LogP) is 2.63. The maximum Gasteiger partial charge on any atom is 0.243 e. The molecule has 1 heterocycles. The van der Waals surface area contributed by atoms with Crippen molar-refractivity contribution in [3.8, 4) is 0 Å². The molecule has 1 aliphatic rings. The number of halogens is 1. The van der Waals surface area contributed by atoms with Gasteiger partial charge in [-0.1, -0.05) is 12.1 Å². The largest absolute Gasteiger partial charge is 0.293 e. The van der Waals surface area contributed by atoms with Gasteiger partial charge in [0.15, 0.2) is 5.78 Å². The lowest BCUT2D eigenvalue weighted by Crippen LogP contribution is -2.49. The molecule has 144 valence electrons. The minimum absolute atomic E-state index is 0.0897. The van der Waals surface area contributed by atoms with Crippen LogP contribution in [-0.2, 0) is 10.0 Å². The molecule has 2 aromatic rings. The fourth-order valence-corrected chi connectivity index (χ4v) is 4.69. The molecule has 1 saturated heterocycles. The van der Waals surface area contributed by atoms with Gasteiger partial charge in [-0.05, 0) is 55.3 Å². The van der Waals surface area contributed by atoms with E-state index in [4.69, 9.17) is 0 Å². The van der Waals surface area contributed by atoms with Crippen molar-refractivity contribution in [1.29, 1.82) is 0 Å². The van der Waals surface area contributed by atoms with Crippen LogP contribution in [0.25, 0.3) is 0 Å². The second kappa shape index (κ2) is 7.88. The molecule has 27 heavy (non-hydrogen) atoms. The summed E-state index contributed by atoms with van der Waals surface area (Å²) in [4.78, 5) is 14.7. The Morgan fingerprint density at radius 2 is 1.74 bits per heavy atom. The molecule has 7 heteroatoms. The highest BCUT2D eigenvalue weighted by Crippen LogP contribution is 2.19. The zero-order valence-electron chi connectivity index (χ0n) is 15.5. The summed E-state index contributed by atoms with van der Waals surface area (Å²) < 4.78 is 40.3.